The van der Waals surface area contributed by atoms with Crippen LogP contribution in [0.25, 0.3) is 0 Å². The fourth-order valence-electron chi connectivity index (χ4n) is 2.57. The maximum Gasteiger partial charge on any atom is 0.391 e. The smallest absolute Gasteiger partial charge is 0.391 e. The number of nitro groups is 1. The quantitative estimate of drug-likeness (QED) is 0.689. The summed E-state index contributed by atoms with van der Waals surface area (Å²) in [6.07, 6.45) is -4.20. The Balaban J connectivity index is 2.15. The Morgan fingerprint density at radius 1 is 1.33 bits per heavy atom. The van der Waals surface area contributed by atoms with Crippen molar-refractivity contribution in [2.75, 3.05) is 18.0 Å². The Bertz CT molecular complexity index is 526. The van der Waals surface area contributed by atoms with Crippen LogP contribution in [-0.2, 0) is 6.61 Å². The van der Waals surface area contributed by atoms with Gasteiger partial charge in [-0.15, -0.1) is 0 Å². The van der Waals surface area contributed by atoms with E-state index < -0.39 is 23.6 Å². The molecule has 8 heteroatoms. The molecule has 0 atom stereocenters. The molecule has 0 spiro atoms. The van der Waals surface area contributed by atoms with Gasteiger partial charge in [0.15, 0.2) is 0 Å². The molecule has 1 aromatic rings. The van der Waals surface area contributed by atoms with Crippen LogP contribution in [0.5, 0.6) is 0 Å². The van der Waals surface area contributed by atoms with Crippen LogP contribution in [0.2, 0.25) is 0 Å². The maximum atomic E-state index is 12.6. The van der Waals surface area contributed by atoms with Crippen molar-refractivity contribution in [3.63, 3.8) is 0 Å². The minimum absolute atomic E-state index is 0.00858. The van der Waals surface area contributed by atoms with Gasteiger partial charge < -0.3 is 10.0 Å². The van der Waals surface area contributed by atoms with Crippen LogP contribution in [-0.4, -0.2) is 29.3 Å². The van der Waals surface area contributed by atoms with Crippen molar-refractivity contribution >= 4 is 11.4 Å². The fourth-order valence-corrected chi connectivity index (χ4v) is 2.57. The zero-order chi connectivity index (χ0) is 15.6. The number of anilines is 1. The predicted molar refractivity (Wildman–Crippen MR) is 70.0 cm³/mol. The summed E-state index contributed by atoms with van der Waals surface area (Å²) in [4.78, 5) is 11.9. The van der Waals surface area contributed by atoms with Gasteiger partial charge in [-0.2, -0.15) is 13.2 Å². The second kappa shape index (κ2) is 5.88. The first-order chi connectivity index (χ1) is 9.82. The van der Waals surface area contributed by atoms with Gasteiger partial charge in [-0.1, -0.05) is 0 Å². The summed E-state index contributed by atoms with van der Waals surface area (Å²) >= 11 is 0. The molecule has 0 saturated carbocycles. The number of hydrogen-bond donors (Lipinski definition) is 1. The molecule has 1 saturated heterocycles. The van der Waals surface area contributed by atoms with E-state index in [1.165, 1.54) is 18.2 Å². The Morgan fingerprint density at radius 3 is 2.43 bits per heavy atom. The molecule has 21 heavy (non-hydrogen) atoms. The second-order valence-electron chi connectivity index (χ2n) is 5.03. The molecule has 1 aliphatic rings. The summed E-state index contributed by atoms with van der Waals surface area (Å²) in [6, 6.07) is 4.03. The molecule has 0 aliphatic carbocycles. The van der Waals surface area contributed by atoms with Gasteiger partial charge in [-0.05, 0) is 18.9 Å². The monoisotopic (exact) mass is 304 g/mol. The van der Waals surface area contributed by atoms with Crippen LogP contribution >= 0.6 is 0 Å². The molecule has 116 valence electrons. The third kappa shape index (κ3) is 3.44. The number of hydrogen-bond acceptors (Lipinski definition) is 4. The first-order valence-corrected chi connectivity index (χ1v) is 6.52. The second-order valence-corrected chi connectivity index (χ2v) is 5.03. The first-order valence-electron chi connectivity index (χ1n) is 6.52. The Labute approximate surface area is 119 Å². The summed E-state index contributed by atoms with van der Waals surface area (Å²) in [5.41, 5.74) is 0.770. The number of piperidine rings is 1. The van der Waals surface area contributed by atoms with Crippen molar-refractivity contribution in [1.29, 1.82) is 0 Å². The lowest BCUT2D eigenvalue weighted by Gasteiger charge is -2.35. The summed E-state index contributed by atoms with van der Waals surface area (Å²) in [6.45, 7) is 0.0419. The van der Waals surface area contributed by atoms with Crippen molar-refractivity contribution < 1.29 is 23.2 Å². The highest BCUT2D eigenvalue weighted by Gasteiger charge is 2.41. The zero-order valence-corrected chi connectivity index (χ0v) is 11.1. The molecule has 0 radical (unpaired) electrons. The van der Waals surface area contributed by atoms with Gasteiger partial charge in [0.1, 0.15) is 0 Å². The van der Waals surface area contributed by atoms with Crippen molar-refractivity contribution in [2.45, 2.75) is 25.6 Å². The molecule has 1 fully saturated rings. The molecular weight excluding hydrogens is 289 g/mol. The topological polar surface area (TPSA) is 66.6 Å². The van der Waals surface area contributed by atoms with Crippen molar-refractivity contribution in [2.24, 2.45) is 5.92 Å². The highest BCUT2D eigenvalue weighted by molar-refractivity contribution is 5.58. The normalized spacial score (nSPS) is 17.0. The molecule has 0 aromatic heterocycles. The molecule has 5 nitrogen and oxygen atoms in total. The van der Waals surface area contributed by atoms with Crippen LogP contribution in [0.1, 0.15) is 18.4 Å². The van der Waals surface area contributed by atoms with E-state index in [0.29, 0.717) is 11.3 Å². The average Bonchev–Trinajstić information content (AvgIpc) is 2.45. The third-order valence-corrected chi connectivity index (χ3v) is 3.74. The van der Waals surface area contributed by atoms with E-state index in [1.807, 2.05) is 0 Å². The lowest BCUT2D eigenvalue weighted by molar-refractivity contribution is -0.384. The number of halogens is 3. The number of aliphatic hydroxyl groups is 1. The van der Waals surface area contributed by atoms with Gasteiger partial charge in [0.2, 0.25) is 0 Å². The van der Waals surface area contributed by atoms with E-state index in [4.69, 9.17) is 0 Å². The predicted octanol–water partition coefficient (Wildman–Crippen LogP) is 2.87. The van der Waals surface area contributed by atoms with Gasteiger partial charge >= 0.3 is 6.18 Å². The minimum atomic E-state index is -4.18. The molecule has 0 unspecified atom stereocenters. The Morgan fingerprint density at radius 2 is 1.95 bits per heavy atom. The average molecular weight is 304 g/mol. The van der Waals surface area contributed by atoms with E-state index in [0.717, 1.165) is 0 Å². The van der Waals surface area contributed by atoms with Crippen LogP contribution in [0.3, 0.4) is 0 Å². The molecule has 2 rings (SSSR count). The third-order valence-electron chi connectivity index (χ3n) is 3.74. The van der Waals surface area contributed by atoms with Crippen LogP contribution in [0.4, 0.5) is 24.5 Å². The van der Waals surface area contributed by atoms with E-state index in [2.05, 4.69) is 0 Å². The van der Waals surface area contributed by atoms with Gasteiger partial charge in [-0.3, -0.25) is 10.1 Å². The number of nitrogens with zero attached hydrogens (tertiary/aromatic N) is 2. The van der Waals surface area contributed by atoms with E-state index in [9.17, 15) is 28.4 Å². The summed E-state index contributed by atoms with van der Waals surface area (Å²) in [7, 11) is 0. The van der Waals surface area contributed by atoms with Crippen molar-refractivity contribution in [3.8, 4) is 0 Å². The molecule has 1 aromatic carbocycles. The lowest BCUT2D eigenvalue weighted by Crippen LogP contribution is -2.39. The fraction of sp³-hybridized carbons (Fsp3) is 0.538. The van der Waals surface area contributed by atoms with Crippen molar-refractivity contribution in [3.05, 3.63) is 33.9 Å². The summed E-state index contributed by atoms with van der Waals surface area (Å²) in [5, 5.41) is 20.0. The van der Waals surface area contributed by atoms with Crippen LogP contribution < -0.4 is 4.90 Å². The number of benzene rings is 1. The van der Waals surface area contributed by atoms with Crippen molar-refractivity contribution in [1.82, 2.24) is 0 Å². The number of alkyl halides is 3. The minimum Gasteiger partial charge on any atom is -0.392 e. The standard InChI is InChI=1S/C13H15F3N2O3/c14-13(15,16)10-3-5-17(6-4-10)12-2-1-11(18(20)21)7-9(12)8-19/h1-2,7,10,19H,3-6,8H2. The maximum absolute atomic E-state index is 12.6. The molecule has 1 aliphatic heterocycles. The van der Waals surface area contributed by atoms with Gasteiger partial charge in [0.05, 0.1) is 17.4 Å². The number of non-ortho nitro benzene ring substituents is 1. The molecular formula is C13H15F3N2O3. The summed E-state index contributed by atoms with van der Waals surface area (Å²) in [5.74, 6) is -1.30. The zero-order valence-electron chi connectivity index (χ0n) is 11.1. The highest BCUT2D eigenvalue weighted by Crippen LogP contribution is 2.36. The van der Waals surface area contributed by atoms with E-state index >= 15 is 0 Å². The SMILES string of the molecule is O=[N+]([O-])c1ccc(N2CCC(C(F)(F)F)CC2)c(CO)c1. The molecule has 0 amide bonds. The van der Waals surface area contributed by atoms with E-state index in [1.54, 1.807) is 4.90 Å². The molecule has 1 heterocycles. The molecule has 1 N–H and O–H groups in total. The van der Waals surface area contributed by atoms with Crippen LogP contribution in [0, 0.1) is 16.0 Å². The van der Waals surface area contributed by atoms with Gasteiger partial charge in [0.25, 0.3) is 5.69 Å². The highest BCUT2D eigenvalue weighted by atomic mass is 19.4. The number of aliphatic hydroxyl groups excluding tert-OH is 1. The Kier molecular flexibility index (Phi) is 4.36. The van der Waals surface area contributed by atoms with E-state index in [-0.39, 0.29) is 31.6 Å². The molecule has 0 bridgehead atoms. The largest absolute Gasteiger partial charge is 0.392 e. The van der Waals surface area contributed by atoms with Gasteiger partial charge in [0, 0.05) is 36.5 Å². The first kappa shape index (κ1) is 15.6. The van der Waals surface area contributed by atoms with Gasteiger partial charge in [-0.25, -0.2) is 0 Å². The Hall–Kier alpha value is -1.83. The lowest BCUT2D eigenvalue weighted by atomic mass is 9.95. The number of nitro benzene ring substituents is 1. The number of rotatable bonds is 3. The summed E-state index contributed by atoms with van der Waals surface area (Å²) < 4.78 is 37.9. The van der Waals surface area contributed by atoms with Crippen LogP contribution in [0.15, 0.2) is 18.2 Å².